The van der Waals surface area contributed by atoms with E-state index in [9.17, 15) is 0 Å². The Kier molecular flexibility index (Phi) is 4.27. The summed E-state index contributed by atoms with van der Waals surface area (Å²) in [6.45, 7) is 14.1. The first-order chi connectivity index (χ1) is 12.7. The Morgan fingerprint density at radius 2 is 1.27 bits per heavy atom. The lowest BCUT2D eigenvalue weighted by Crippen LogP contribution is -1.96. The van der Waals surface area contributed by atoms with Gasteiger partial charge in [0.05, 0.1) is 11.9 Å². The molecule has 1 aromatic carbocycles. The molecule has 2 heterocycles. The molecule has 0 saturated carbocycles. The Balaban J connectivity index is 1.98. The molecule has 0 aliphatic carbocycles. The standard InChI is InChI=1S/C18H6N8/c1-21-17-18(22-2)26-16(10-24-17)12-5-3-11(4-6-12)15-9-23-13(7-19)14(8-20)25-15/h3-6,9-10H. The maximum Gasteiger partial charge on any atom is 0.294 e. The third-order valence-corrected chi connectivity index (χ3v) is 3.41. The summed E-state index contributed by atoms with van der Waals surface area (Å²) in [4.78, 5) is 22.5. The van der Waals surface area contributed by atoms with Gasteiger partial charge in [0.15, 0.2) is 17.6 Å². The van der Waals surface area contributed by atoms with Gasteiger partial charge in [-0.3, -0.25) is 0 Å². The number of nitriles is 2. The minimum absolute atomic E-state index is 0.0188. The zero-order valence-electron chi connectivity index (χ0n) is 13.0. The summed E-state index contributed by atoms with van der Waals surface area (Å²) in [6.07, 6.45) is 2.86. The van der Waals surface area contributed by atoms with E-state index in [0.29, 0.717) is 22.5 Å². The third kappa shape index (κ3) is 2.90. The molecule has 0 bridgehead atoms. The van der Waals surface area contributed by atoms with Gasteiger partial charge in [0, 0.05) is 11.1 Å². The Bertz CT molecular complexity index is 1070. The lowest BCUT2D eigenvalue weighted by molar-refractivity contribution is 1.13. The van der Waals surface area contributed by atoms with E-state index in [2.05, 4.69) is 29.6 Å². The van der Waals surface area contributed by atoms with Gasteiger partial charge in [0.1, 0.15) is 12.1 Å². The van der Waals surface area contributed by atoms with Crippen LogP contribution in [0.15, 0.2) is 36.7 Å². The molecule has 0 atom stereocenters. The molecular formula is C18H6N8. The van der Waals surface area contributed by atoms with Crippen molar-refractivity contribution < 1.29 is 0 Å². The summed E-state index contributed by atoms with van der Waals surface area (Å²) >= 11 is 0. The smallest absolute Gasteiger partial charge is 0.294 e. The van der Waals surface area contributed by atoms with Gasteiger partial charge in [-0.1, -0.05) is 25.3 Å². The van der Waals surface area contributed by atoms with Crippen molar-refractivity contribution in [1.82, 2.24) is 19.9 Å². The molecule has 0 radical (unpaired) electrons. The Morgan fingerprint density at radius 1 is 0.731 bits per heavy atom. The van der Waals surface area contributed by atoms with Gasteiger partial charge in [0.25, 0.3) is 11.6 Å². The average molecular weight is 334 g/mol. The van der Waals surface area contributed by atoms with Crippen LogP contribution in [0.4, 0.5) is 11.6 Å². The van der Waals surface area contributed by atoms with Crippen LogP contribution < -0.4 is 0 Å². The van der Waals surface area contributed by atoms with E-state index < -0.39 is 0 Å². The molecule has 8 nitrogen and oxygen atoms in total. The normalized spacial score (nSPS) is 9.38. The lowest BCUT2D eigenvalue weighted by atomic mass is 10.1. The molecule has 0 amide bonds. The largest absolute Gasteiger partial charge is 0.370 e. The van der Waals surface area contributed by atoms with E-state index in [1.807, 2.05) is 12.1 Å². The average Bonchev–Trinajstić information content (AvgIpc) is 2.72. The predicted octanol–water partition coefficient (Wildman–Crippen LogP) is 3.45. The summed E-state index contributed by atoms with van der Waals surface area (Å²) in [5.74, 6) is -0.0737. The number of aromatic nitrogens is 4. The molecule has 2 aromatic heterocycles. The van der Waals surface area contributed by atoms with Crippen LogP contribution in [0.5, 0.6) is 0 Å². The highest BCUT2D eigenvalue weighted by Gasteiger charge is 2.13. The fourth-order valence-corrected chi connectivity index (χ4v) is 2.17. The quantitative estimate of drug-likeness (QED) is 0.664. The van der Waals surface area contributed by atoms with Crippen LogP contribution >= 0.6 is 0 Å². The molecule has 0 spiro atoms. The second-order valence-corrected chi connectivity index (χ2v) is 4.88. The second kappa shape index (κ2) is 6.84. The fraction of sp³-hybridized carbons (Fsp3) is 0. The van der Waals surface area contributed by atoms with Crippen LogP contribution in [0.25, 0.3) is 32.2 Å². The molecule has 0 aliphatic heterocycles. The summed E-state index contributed by atoms with van der Waals surface area (Å²) < 4.78 is 0. The van der Waals surface area contributed by atoms with E-state index in [1.54, 1.807) is 24.3 Å². The number of hydrogen-bond donors (Lipinski definition) is 0. The van der Waals surface area contributed by atoms with Crippen LogP contribution in [-0.2, 0) is 0 Å². The first-order valence-electron chi connectivity index (χ1n) is 7.10. The molecule has 0 aliphatic rings. The van der Waals surface area contributed by atoms with E-state index in [-0.39, 0.29) is 23.0 Å². The first-order valence-corrected chi connectivity index (χ1v) is 7.10. The number of rotatable bonds is 2. The van der Waals surface area contributed by atoms with Crippen LogP contribution in [0.3, 0.4) is 0 Å². The van der Waals surface area contributed by atoms with Crippen molar-refractivity contribution in [2.45, 2.75) is 0 Å². The molecule has 3 rings (SSSR count). The molecule has 118 valence electrons. The summed E-state index contributed by atoms with van der Waals surface area (Å²) in [6, 6.07) is 10.7. The molecule has 26 heavy (non-hydrogen) atoms. The number of benzene rings is 1. The van der Waals surface area contributed by atoms with Crippen molar-refractivity contribution >= 4 is 11.6 Å². The summed E-state index contributed by atoms with van der Waals surface area (Å²) in [7, 11) is 0. The van der Waals surface area contributed by atoms with Gasteiger partial charge >= 0.3 is 0 Å². The monoisotopic (exact) mass is 334 g/mol. The van der Waals surface area contributed by atoms with Crippen LogP contribution in [0, 0.1) is 35.8 Å². The number of hydrogen-bond acceptors (Lipinski definition) is 6. The molecule has 0 fully saturated rings. The second-order valence-electron chi connectivity index (χ2n) is 4.88. The minimum Gasteiger partial charge on any atom is -0.370 e. The molecule has 0 saturated heterocycles. The van der Waals surface area contributed by atoms with E-state index in [1.165, 1.54) is 12.4 Å². The Morgan fingerprint density at radius 3 is 1.81 bits per heavy atom. The van der Waals surface area contributed by atoms with Crippen molar-refractivity contribution in [2.24, 2.45) is 0 Å². The Labute approximate surface area is 148 Å². The van der Waals surface area contributed by atoms with Gasteiger partial charge in [-0.25, -0.2) is 9.97 Å². The molecular weight excluding hydrogens is 328 g/mol. The summed E-state index contributed by atoms with van der Waals surface area (Å²) in [5.41, 5.74) is 2.30. The zero-order chi connectivity index (χ0) is 18.5. The van der Waals surface area contributed by atoms with Crippen molar-refractivity contribution in [3.63, 3.8) is 0 Å². The van der Waals surface area contributed by atoms with Gasteiger partial charge in [0.2, 0.25) is 5.69 Å². The highest BCUT2D eigenvalue weighted by atomic mass is 15.0. The molecule has 0 unspecified atom stereocenters. The first kappa shape index (κ1) is 16.2. The topological polar surface area (TPSA) is 108 Å². The zero-order valence-corrected chi connectivity index (χ0v) is 13.0. The van der Waals surface area contributed by atoms with Gasteiger partial charge < -0.3 is 9.69 Å². The maximum absolute atomic E-state index is 9.04. The van der Waals surface area contributed by atoms with Crippen molar-refractivity contribution in [3.05, 3.63) is 70.9 Å². The van der Waals surface area contributed by atoms with E-state index in [4.69, 9.17) is 23.7 Å². The van der Waals surface area contributed by atoms with E-state index in [0.717, 1.165) is 0 Å². The van der Waals surface area contributed by atoms with Gasteiger partial charge in [-0.05, 0) is 12.1 Å². The van der Waals surface area contributed by atoms with Crippen LogP contribution in [0.1, 0.15) is 11.4 Å². The highest BCUT2D eigenvalue weighted by Crippen LogP contribution is 2.28. The van der Waals surface area contributed by atoms with Crippen molar-refractivity contribution in [2.75, 3.05) is 0 Å². The van der Waals surface area contributed by atoms with Gasteiger partial charge in [-0.2, -0.15) is 10.5 Å². The Hall–Kier alpha value is -4.66. The summed E-state index contributed by atoms with van der Waals surface area (Å²) in [5, 5.41) is 17.9. The number of nitrogens with zero attached hydrogens (tertiary/aromatic N) is 8. The van der Waals surface area contributed by atoms with E-state index >= 15 is 0 Å². The predicted molar refractivity (Wildman–Crippen MR) is 90.4 cm³/mol. The van der Waals surface area contributed by atoms with Crippen LogP contribution in [0.2, 0.25) is 0 Å². The fourth-order valence-electron chi connectivity index (χ4n) is 2.17. The minimum atomic E-state index is -0.0433. The highest BCUT2D eigenvalue weighted by molar-refractivity contribution is 5.70. The molecule has 3 aromatic rings. The van der Waals surface area contributed by atoms with Crippen molar-refractivity contribution in [1.29, 1.82) is 10.5 Å². The maximum atomic E-state index is 9.04. The molecule has 0 N–H and O–H groups in total. The lowest BCUT2D eigenvalue weighted by Gasteiger charge is -2.03. The third-order valence-electron chi connectivity index (χ3n) is 3.41. The van der Waals surface area contributed by atoms with Crippen LogP contribution in [-0.4, -0.2) is 19.9 Å². The van der Waals surface area contributed by atoms with Crippen molar-refractivity contribution in [3.8, 4) is 34.7 Å². The van der Waals surface area contributed by atoms with Gasteiger partial charge in [-0.15, -0.1) is 9.97 Å². The molecule has 8 heteroatoms. The SMILES string of the molecule is [C-]#[N+]c1ncc(-c2ccc(-c3cnc(C#N)c(C#N)n3)cc2)nc1[N+]#[C-].